The molecule has 3 N–H and O–H groups in total. The van der Waals surface area contributed by atoms with Crippen molar-refractivity contribution in [3.63, 3.8) is 0 Å². The van der Waals surface area contributed by atoms with Crippen molar-refractivity contribution in [2.75, 3.05) is 6.61 Å². The lowest BCUT2D eigenvalue weighted by Crippen LogP contribution is -2.50. The van der Waals surface area contributed by atoms with Gasteiger partial charge in [-0.15, -0.1) is 0 Å². The zero-order valence-electron chi connectivity index (χ0n) is 19.2. The number of carbonyl (C=O) groups is 3. The highest BCUT2D eigenvalue weighted by molar-refractivity contribution is 5.86. The number of nitrogens with one attached hydrogen (secondary N) is 2. The third-order valence-electron chi connectivity index (χ3n) is 6.06. The maximum atomic E-state index is 12.7. The van der Waals surface area contributed by atoms with E-state index in [0.717, 1.165) is 35.1 Å². The number of amides is 2. The average Bonchev–Trinajstić information content (AvgIpc) is 3.13. The van der Waals surface area contributed by atoms with Crippen LogP contribution in [0.15, 0.2) is 48.5 Å². The normalized spacial score (nSPS) is 14.0. The quantitative estimate of drug-likeness (QED) is 0.467. The fourth-order valence-corrected chi connectivity index (χ4v) is 4.27. The molecule has 2 aromatic carbocycles. The van der Waals surface area contributed by atoms with Gasteiger partial charge >= 0.3 is 12.1 Å². The second-order valence-electron chi connectivity index (χ2n) is 8.38. The molecule has 2 amide bonds. The van der Waals surface area contributed by atoms with Gasteiger partial charge < -0.3 is 20.5 Å². The molecule has 0 fully saturated rings. The number of benzene rings is 2. The van der Waals surface area contributed by atoms with E-state index in [0.29, 0.717) is 12.8 Å². The molecular weight excluding hydrogens is 420 g/mol. The van der Waals surface area contributed by atoms with E-state index in [1.165, 1.54) is 0 Å². The Hall–Kier alpha value is -3.35. The Labute approximate surface area is 194 Å². The van der Waals surface area contributed by atoms with Crippen LogP contribution in [-0.2, 0) is 14.3 Å². The summed E-state index contributed by atoms with van der Waals surface area (Å²) in [5, 5.41) is 14.5. The van der Waals surface area contributed by atoms with Crippen LogP contribution in [0.1, 0.15) is 63.0 Å². The summed E-state index contributed by atoms with van der Waals surface area (Å²) in [6.45, 7) is 3.98. The summed E-state index contributed by atoms with van der Waals surface area (Å²) in [7, 11) is 0. The van der Waals surface area contributed by atoms with E-state index in [9.17, 15) is 14.4 Å². The molecule has 0 bridgehead atoms. The number of carboxylic acids is 1. The van der Waals surface area contributed by atoms with Gasteiger partial charge in [0.2, 0.25) is 5.91 Å². The van der Waals surface area contributed by atoms with Crippen LogP contribution in [0.25, 0.3) is 11.1 Å². The number of fused-ring (bicyclic) bond motifs is 3. The van der Waals surface area contributed by atoms with E-state index < -0.39 is 24.1 Å². The summed E-state index contributed by atoms with van der Waals surface area (Å²) in [5.41, 5.74) is 4.52. The van der Waals surface area contributed by atoms with Gasteiger partial charge in [0.15, 0.2) is 0 Å². The molecule has 0 aromatic heterocycles. The smallest absolute Gasteiger partial charge is 0.407 e. The second-order valence-corrected chi connectivity index (χ2v) is 8.38. The molecule has 3 rings (SSSR count). The monoisotopic (exact) mass is 452 g/mol. The van der Waals surface area contributed by atoms with Crippen LogP contribution in [0.5, 0.6) is 0 Å². The van der Waals surface area contributed by atoms with Gasteiger partial charge in [0.1, 0.15) is 12.6 Å². The highest BCUT2D eigenvalue weighted by Crippen LogP contribution is 2.44. The highest BCUT2D eigenvalue weighted by atomic mass is 16.5. The summed E-state index contributed by atoms with van der Waals surface area (Å²) >= 11 is 0. The Morgan fingerprint density at radius 2 is 1.58 bits per heavy atom. The molecule has 0 saturated heterocycles. The minimum absolute atomic E-state index is 0.0638. The van der Waals surface area contributed by atoms with Crippen LogP contribution in [0.4, 0.5) is 4.79 Å². The number of alkyl carbamates (subject to hydrolysis) is 1. The number of ether oxygens (including phenoxy) is 1. The van der Waals surface area contributed by atoms with E-state index in [2.05, 4.69) is 22.8 Å². The van der Waals surface area contributed by atoms with Crippen LogP contribution in [0.2, 0.25) is 0 Å². The SMILES string of the molecule is CCCCC(NC(=O)OCC1c2ccccc2-c2ccccc21)C(=O)N[C@@H](CC)CC(=O)O. The molecule has 0 radical (unpaired) electrons. The average molecular weight is 453 g/mol. The molecule has 0 aliphatic heterocycles. The van der Waals surface area contributed by atoms with Crippen LogP contribution in [-0.4, -0.2) is 41.8 Å². The van der Waals surface area contributed by atoms with E-state index in [4.69, 9.17) is 9.84 Å². The summed E-state index contributed by atoms with van der Waals surface area (Å²) < 4.78 is 5.57. The fourth-order valence-electron chi connectivity index (χ4n) is 4.27. The van der Waals surface area contributed by atoms with Crippen LogP contribution < -0.4 is 10.6 Å². The first-order valence-electron chi connectivity index (χ1n) is 11.6. The van der Waals surface area contributed by atoms with E-state index >= 15 is 0 Å². The van der Waals surface area contributed by atoms with Crippen molar-refractivity contribution in [3.05, 3.63) is 59.7 Å². The topological polar surface area (TPSA) is 105 Å². The van der Waals surface area contributed by atoms with Gasteiger partial charge in [0.25, 0.3) is 0 Å². The Bertz CT molecular complexity index is 945. The van der Waals surface area contributed by atoms with Crippen LogP contribution >= 0.6 is 0 Å². The van der Waals surface area contributed by atoms with Gasteiger partial charge in [-0.2, -0.15) is 0 Å². The van der Waals surface area contributed by atoms with Crippen molar-refractivity contribution in [3.8, 4) is 11.1 Å². The molecular formula is C26H32N2O5. The lowest BCUT2D eigenvalue weighted by molar-refractivity contribution is -0.137. The minimum Gasteiger partial charge on any atom is -0.481 e. The Kier molecular flexibility index (Phi) is 8.46. The molecule has 176 valence electrons. The summed E-state index contributed by atoms with van der Waals surface area (Å²) in [6, 6.07) is 14.9. The van der Waals surface area contributed by atoms with Crippen molar-refractivity contribution in [2.24, 2.45) is 0 Å². The molecule has 2 aromatic rings. The number of carboxylic acid groups (broad SMARTS) is 1. The van der Waals surface area contributed by atoms with Crippen molar-refractivity contribution in [2.45, 2.75) is 64.0 Å². The van der Waals surface area contributed by atoms with Crippen molar-refractivity contribution in [1.82, 2.24) is 10.6 Å². The van der Waals surface area contributed by atoms with Crippen LogP contribution in [0, 0.1) is 0 Å². The molecule has 7 heteroatoms. The molecule has 1 aliphatic rings. The second kappa shape index (κ2) is 11.5. The number of hydrogen-bond acceptors (Lipinski definition) is 4. The predicted molar refractivity (Wildman–Crippen MR) is 126 cm³/mol. The van der Waals surface area contributed by atoms with E-state index in [-0.39, 0.29) is 24.9 Å². The maximum Gasteiger partial charge on any atom is 0.407 e. The fraction of sp³-hybridized carbons (Fsp3) is 0.423. The van der Waals surface area contributed by atoms with Crippen molar-refractivity contribution < 1.29 is 24.2 Å². The zero-order chi connectivity index (χ0) is 23.8. The number of unbranched alkanes of at least 4 members (excludes halogenated alkanes) is 1. The Morgan fingerprint density at radius 1 is 0.970 bits per heavy atom. The molecule has 33 heavy (non-hydrogen) atoms. The van der Waals surface area contributed by atoms with Crippen molar-refractivity contribution in [1.29, 1.82) is 0 Å². The van der Waals surface area contributed by atoms with Gasteiger partial charge in [-0.05, 0) is 35.1 Å². The number of carbonyl (C=O) groups excluding carboxylic acids is 2. The molecule has 0 heterocycles. The first-order chi connectivity index (χ1) is 15.9. The van der Waals surface area contributed by atoms with E-state index in [1.54, 1.807) is 0 Å². The molecule has 0 saturated carbocycles. The lowest BCUT2D eigenvalue weighted by Gasteiger charge is -2.22. The molecule has 7 nitrogen and oxygen atoms in total. The third-order valence-corrected chi connectivity index (χ3v) is 6.06. The Balaban J connectivity index is 1.64. The molecule has 1 aliphatic carbocycles. The maximum absolute atomic E-state index is 12.7. The highest BCUT2D eigenvalue weighted by Gasteiger charge is 2.30. The zero-order valence-corrected chi connectivity index (χ0v) is 19.2. The van der Waals surface area contributed by atoms with Gasteiger partial charge in [-0.3, -0.25) is 9.59 Å². The van der Waals surface area contributed by atoms with E-state index in [1.807, 2.05) is 50.2 Å². The first-order valence-corrected chi connectivity index (χ1v) is 11.6. The minimum atomic E-state index is -0.975. The predicted octanol–water partition coefficient (Wildman–Crippen LogP) is 4.45. The Morgan fingerprint density at radius 3 is 2.12 bits per heavy atom. The van der Waals surface area contributed by atoms with Gasteiger partial charge in [0.05, 0.1) is 6.42 Å². The third kappa shape index (κ3) is 6.12. The summed E-state index contributed by atoms with van der Waals surface area (Å²) in [4.78, 5) is 36.4. The van der Waals surface area contributed by atoms with Crippen molar-refractivity contribution >= 4 is 18.0 Å². The lowest BCUT2D eigenvalue weighted by atomic mass is 9.98. The summed E-state index contributed by atoms with van der Waals surface area (Å²) in [5.74, 6) is -1.42. The van der Waals surface area contributed by atoms with Gasteiger partial charge in [0, 0.05) is 12.0 Å². The standard InChI is InChI=1S/C26H32N2O5/c1-3-5-14-23(25(31)27-17(4-2)15-24(29)30)28-26(32)33-16-22-20-12-8-6-10-18(20)19-11-7-9-13-21(19)22/h6-13,17,22-23H,3-5,14-16H2,1-2H3,(H,27,31)(H,28,32)(H,29,30)/t17-,23?/m0/s1. The largest absolute Gasteiger partial charge is 0.481 e. The molecule has 2 atom stereocenters. The van der Waals surface area contributed by atoms with Gasteiger partial charge in [-0.25, -0.2) is 4.79 Å². The summed E-state index contributed by atoms with van der Waals surface area (Å²) in [6.07, 6.45) is 1.74. The van der Waals surface area contributed by atoms with Crippen LogP contribution in [0.3, 0.4) is 0 Å². The molecule has 0 spiro atoms. The number of aliphatic carboxylic acids is 1. The molecule has 1 unspecified atom stereocenters. The number of hydrogen-bond donors (Lipinski definition) is 3. The first kappa shape index (κ1) is 24.3. The van der Waals surface area contributed by atoms with Gasteiger partial charge in [-0.1, -0.05) is 75.2 Å². The number of rotatable bonds is 11.